The fourth-order valence-electron chi connectivity index (χ4n) is 3.29. The third-order valence-corrected chi connectivity index (χ3v) is 5.40. The second-order valence-corrected chi connectivity index (χ2v) is 9.26. The van der Waals surface area contributed by atoms with E-state index in [1.54, 1.807) is 27.7 Å². The van der Waals surface area contributed by atoms with Crippen LogP contribution in [-0.4, -0.2) is 66.8 Å². The number of nitrogens with two attached hydrogens (primary N) is 5. The SMILES string of the molecule is CC(C)C(NC(=O)C(NC(=O)C(CCCN=C(N)N)NC(=O)C(N)CCCCN)C(C)C)C(N)=O.Cl. The average Bonchev–Trinajstić information content (AvgIpc) is 2.76. The van der Waals surface area contributed by atoms with E-state index in [9.17, 15) is 19.2 Å². The highest BCUT2D eigenvalue weighted by Gasteiger charge is 2.32. The molecule has 0 aromatic rings. The molecule has 4 amide bonds. The van der Waals surface area contributed by atoms with E-state index in [4.69, 9.17) is 28.7 Å². The van der Waals surface area contributed by atoms with Crippen molar-refractivity contribution in [3.05, 3.63) is 0 Å². The van der Waals surface area contributed by atoms with Crippen LogP contribution >= 0.6 is 12.4 Å². The number of carbonyl (C=O) groups excluding carboxylic acids is 4. The fourth-order valence-corrected chi connectivity index (χ4v) is 3.29. The number of rotatable bonds is 17. The summed E-state index contributed by atoms with van der Waals surface area (Å²) in [6, 6.07) is -3.62. The Morgan fingerprint density at radius 1 is 0.750 bits per heavy atom. The van der Waals surface area contributed by atoms with Crippen LogP contribution in [0.3, 0.4) is 0 Å². The van der Waals surface area contributed by atoms with Crippen LogP contribution in [-0.2, 0) is 19.2 Å². The summed E-state index contributed by atoms with van der Waals surface area (Å²) in [5.74, 6) is -2.89. The molecule has 0 rings (SSSR count). The normalized spacial score (nSPS) is 14.1. The molecule has 0 aromatic heterocycles. The van der Waals surface area contributed by atoms with E-state index in [0.29, 0.717) is 25.8 Å². The lowest BCUT2D eigenvalue weighted by Crippen LogP contribution is -2.59. The predicted octanol–water partition coefficient (Wildman–Crippen LogP) is -1.83. The topological polar surface area (TPSA) is 247 Å². The summed E-state index contributed by atoms with van der Waals surface area (Å²) in [5, 5.41) is 7.96. The molecule has 0 saturated carbocycles. The zero-order chi connectivity index (χ0) is 27.1. The lowest BCUT2D eigenvalue weighted by Gasteiger charge is -2.28. The predicted molar refractivity (Wildman–Crippen MR) is 143 cm³/mol. The van der Waals surface area contributed by atoms with E-state index in [0.717, 1.165) is 6.42 Å². The van der Waals surface area contributed by atoms with E-state index >= 15 is 0 Å². The first-order valence-corrected chi connectivity index (χ1v) is 12.0. The first-order chi connectivity index (χ1) is 16.3. The van der Waals surface area contributed by atoms with Crippen LogP contribution in [0.5, 0.6) is 0 Å². The van der Waals surface area contributed by atoms with Gasteiger partial charge in [0.2, 0.25) is 23.6 Å². The molecule has 4 unspecified atom stereocenters. The molecule has 0 spiro atoms. The van der Waals surface area contributed by atoms with Crippen LogP contribution in [0.15, 0.2) is 4.99 Å². The maximum Gasteiger partial charge on any atom is 0.243 e. The number of halogens is 1. The molecule has 0 aromatic carbocycles. The molecule has 14 heteroatoms. The van der Waals surface area contributed by atoms with Crippen molar-refractivity contribution in [3.63, 3.8) is 0 Å². The Labute approximate surface area is 219 Å². The summed E-state index contributed by atoms with van der Waals surface area (Å²) in [4.78, 5) is 54.2. The number of carbonyl (C=O) groups is 4. The second kappa shape index (κ2) is 18.6. The Morgan fingerprint density at radius 3 is 1.78 bits per heavy atom. The molecule has 0 bridgehead atoms. The van der Waals surface area contributed by atoms with Gasteiger partial charge in [0.05, 0.1) is 6.04 Å². The number of hydrogen-bond donors (Lipinski definition) is 8. The number of amides is 4. The number of nitrogens with zero attached hydrogens (tertiary/aromatic N) is 1. The highest BCUT2D eigenvalue weighted by molar-refractivity contribution is 5.94. The first kappa shape index (κ1) is 35.5. The second-order valence-electron chi connectivity index (χ2n) is 9.26. The maximum absolute atomic E-state index is 13.1. The van der Waals surface area contributed by atoms with Crippen LogP contribution in [0.1, 0.15) is 59.8 Å². The van der Waals surface area contributed by atoms with Gasteiger partial charge >= 0.3 is 0 Å². The smallest absolute Gasteiger partial charge is 0.243 e. The summed E-state index contributed by atoms with van der Waals surface area (Å²) in [5.41, 5.74) is 27.5. The van der Waals surface area contributed by atoms with Gasteiger partial charge in [0.25, 0.3) is 0 Å². The largest absolute Gasteiger partial charge is 0.370 e. The van der Waals surface area contributed by atoms with Gasteiger partial charge in [-0.15, -0.1) is 12.4 Å². The average molecular weight is 536 g/mol. The molecule has 210 valence electrons. The van der Waals surface area contributed by atoms with Crippen molar-refractivity contribution in [1.29, 1.82) is 0 Å². The van der Waals surface area contributed by atoms with Gasteiger partial charge in [-0.3, -0.25) is 24.2 Å². The van der Waals surface area contributed by atoms with Crippen molar-refractivity contribution in [1.82, 2.24) is 16.0 Å². The minimum absolute atomic E-state index is 0. The number of nitrogens with one attached hydrogen (secondary N) is 3. The zero-order valence-corrected chi connectivity index (χ0v) is 22.6. The molecule has 0 fully saturated rings. The van der Waals surface area contributed by atoms with Crippen LogP contribution < -0.4 is 44.6 Å². The van der Waals surface area contributed by atoms with E-state index in [1.807, 2.05) is 0 Å². The minimum Gasteiger partial charge on any atom is -0.370 e. The summed E-state index contributed by atoms with van der Waals surface area (Å²) < 4.78 is 0. The molecular weight excluding hydrogens is 490 g/mol. The Hall–Kier alpha value is -2.64. The van der Waals surface area contributed by atoms with Gasteiger partial charge in [-0.1, -0.05) is 34.1 Å². The van der Waals surface area contributed by atoms with Gasteiger partial charge in [-0.2, -0.15) is 0 Å². The van der Waals surface area contributed by atoms with Gasteiger partial charge in [0.1, 0.15) is 18.1 Å². The Bertz CT molecular complexity index is 730. The summed E-state index contributed by atoms with van der Waals surface area (Å²) in [7, 11) is 0. The Morgan fingerprint density at radius 2 is 1.31 bits per heavy atom. The molecule has 13 nitrogen and oxygen atoms in total. The first-order valence-electron chi connectivity index (χ1n) is 12.0. The molecule has 4 atom stereocenters. The number of guanidine groups is 1. The van der Waals surface area contributed by atoms with Crippen molar-refractivity contribution < 1.29 is 19.2 Å². The monoisotopic (exact) mass is 535 g/mol. The van der Waals surface area contributed by atoms with Gasteiger partial charge in [0.15, 0.2) is 5.96 Å². The van der Waals surface area contributed by atoms with E-state index < -0.39 is 47.8 Å². The molecule has 0 aliphatic carbocycles. The number of aliphatic imine (C=N–C) groups is 1. The van der Waals surface area contributed by atoms with Crippen LogP contribution in [0.2, 0.25) is 0 Å². The highest BCUT2D eigenvalue weighted by Crippen LogP contribution is 2.08. The third kappa shape index (κ3) is 14.0. The van der Waals surface area contributed by atoms with Gasteiger partial charge < -0.3 is 44.6 Å². The lowest BCUT2D eigenvalue weighted by atomic mass is 9.99. The quantitative estimate of drug-likeness (QED) is 0.0595. The molecule has 0 aliphatic rings. The van der Waals surface area contributed by atoms with Crippen LogP contribution in [0.4, 0.5) is 0 Å². The van der Waals surface area contributed by atoms with Crippen molar-refractivity contribution in [2.24, 2.45) is 45.5 Å². The zero-order valence-electron chi connectivity index (χ0n) is 21.8. The third-order valence-electron chi connectivity index (χ3n) is 5.40. The molecule has 36 heavy (non-hydrogen) atoms. The van der Waals surface area contributed by atoms with Gasteiger partial charge in [-0.25, -0.2) is 0 Å². The number of hydrogen-bond acceptors (Lipinski definition) is 7. The fraction of sp³-hybridized carbons (Fsp3) is 0.773. The Balaban J connectivity index is 0. The number of primary amides is 1. The molecule has 0 aliphatic heterocycles. The molecule has 13 N–H and O–H groups in total. The van der Waals surface area contributed by atoms with Crippen LogP contribution in [0.25, 0.3) is 0 Å². The van der Waals surface area contributed by atoms with Crippen molar-refractivity contribution in [2.45, 2.75) is 84.0 Å². The number of unbranched alkanes of at least 4 members (excludes halogenated alkanes) is 1. The minimum atomic E-state index is -0.969. The van der Waals surface area contributed by atoms with Crippen molar-refractivity contribution in [3.8, 4) is 0 Å². The van der Waals surface area contributed by atoms with Crippen LogP contribution in [0, 0.1) is 11.8 Å². The summed E-state index contributed by atoms with van der Waals surface area (Å²) >= 11 is 0. The van der Waals surface area contributed by atoms with E-state index in [-0.39, 0.29) is 43.2 Å². The standard InChI is InChI=1S/C22H45N9O4.ClH/c1-12(2)16(18(25)32)30-21(35)17(13(3)4)31-20(34)15(9-7-11-28-22(26)27)29-19(33)14(24)8-5-6-10-23;/h12-17H,5-11,23-24H2,1-4H3,(H2,25,32)(H,29,33)(H,30,35)(H,31,34)(H4,26,27,28);1H. The van der Waals surface area contributed by atoms with Crippen molar-refractivity contribution >= 4 is 42.0 Å². The lowest BCUT2D eigenvalue weighted by molar-refractivity contribution is -0.134. The molecular formula is C22H46ClN9O4. The summed E-state index contributed by atoms with van der Waals surface area (Å²) in [6.45, 7) is 7.75. The maximum atomic E-state index is 13.1. The Kier molecular flexibility index (Phi) is 18.4. The van der Waals surface area contributed by atoms with E-state index in [2.05, 4.69) is 20.9 Å². The van der Waals surface area contributed by atoms with E-state index in [1.165, 1.54) is 0 Å². The van der Waals surface area contributed by atoms with Gasteiger partial charge in [0, 0.05) is 6.54 Å². The molecule has 0 radical (unpaired) electrons. The molecule has 0 saturated heterocycles. The molecule has 0 heterocycles. The van der Waals surface area contributed by atoms with Crippen molar-refractivity contribution in [2.75, 3.05) is 13.1 Å². The van der Waals surface area contributed by atoms with Gasteiger partial charge in [-0.05, 0) is 44.1 Å². The summed E-state index contributed by atoms with van der Waals surface area (Å²) in [6.07, 6.45) is 2.45. The highest BCUT2D eigenvalue weighted by atomic mass is 35.5.